The Morgan fingerprint density at radius 1 is 1.57 bits per heavy atom. The van der Waals surface area contributed by atoms with E-state index in [-0.39, 0.29) is 5.91 Å². The molecule has 76 valence electrons. The van der Waals surface area contributed by atoms with Gasteiger partial charge in [0, 0.05) is 0 Å². The molecule has 14 heavy (non-hydrogen) atoms. The maximum absolute atomic E-state index is 11.5. The van der Waals surface area contributed by atoms with Gasteiger partial charge >= 0.3 is 0 Å². The maximum Gasteiger partial charge on any atom is 0.262 e. The topological polar surface area (TPSA) is 46.2 Å². The zero-order chi connectivity index (χ0) is 10.8. The lowest BCUT2D eigenvalue weighted by Crippen LogP contribution is -2.44. The molecule has 0 fully saturated rings. The summed E-state index contributed by atoms with van der Waals surface area (Å²) >= 11 is 6.86. The Balaban J connectivity index is 2.73. The number of aldehydes is 1. The highest BCUT2D eigenvalue weighted by Crippen LogP contribution is 2.21. The van der Waals surface area contributed by atoms with Crippen LogP contribution < -0.4 is 5.32 Å². The monoisotopic (exact) mass is 231 g/mol. The average molecular weight is 232 g/mol. The van der Waals surface area contributed by atoms with Crippen molar-refractivity contribution in [3.8, 4) is 0 Å². The summed E-state index contributed by atoms with van der Waals surface area (Å²) < 4.78 is 0.555. The van der Waals surface area contributed by atoms with Crippen molar-refractivity contribution < 1.29 is 9.59 Å². The lowest BCUT2D eigenvalue weighted by Gasteiger charge is -2.17. The van der Waals surface area contributed by atoms with Crippen LogP contribution in [0.2, 0.25) is 4.34 Å². The van der Waals surface area contributed by atoms with Gasteiger partial charge in [-0.15, -0.1) is 11.3 Å². The molecule has 5 heteroatoms. The minimum absolute atomic E-state index is 0.279. The summed E-state index contributed by atoms with van der Waals surface area (Å²) in [5, 5.41) is 2.58. The molecule has 1 rings (SSSR count). The lowest BCUT2D eigenvalue weighted by molar-refractivity contribution is -0.112. The van der Waals surface area contributed by atoms with Gasteiger partial charge in [0.15, 0.2) is 0 Å². The van der Waals surface area contributed by atoms with Crippen LogP contribution in [0.5, 0.6) is 0 Å². The van der Waals surface area contributed by atoms with Gasteiger partial charge in [0.1, 0.15) is 6.29 Å². The number of amides is 1. The molecule has 1 N–H and O–H groups in total. The molecule has 1 aromatic heterocycles. The Hall–Kier alpha value is -0.870. The summed E-state index contributed by atoms with van der Waals surface area (Å²) in [6.07, 6.45) is 0.695. The predicted molar refractivity (Wildman–Crippen MR) is 56.9 cm³/mol. The minimum atomic E-state index is -0.840. The van der Waals surface area contributed by atoms with Crippen molar-refractivity contribution in [3.63, 3.8) is 0 Å². The van der Waals surface area contributed by atoms with Crippen LogP contribution in [0.4, 0.5) is 0 Å². The van der Waals surface area contributed by atoms with Crippen molar-refractivity contribution in [1.82, 2.24) is 5.32 Å². The van der Waals surface area contributed by atoms with Crippen molar-refractivity contribution in [2.75, 3.05) is 0 Å². The Bertz CT molecular complexity index is 359. The Kier molecular flexibility index (Phi) is 3.29. The molecule has 0 unspecified atom stereocenters. The van der Waals surface area contributed by atoms with E-state index in [0.29, 0.717) is 15.5 Å². The zero-order valence-electron chi connectivity index (χ0n) is 7.83. The Morgan fingerprint density at radius 3 is 2.64 bits per heavy atom. The van der Waals surface area contributed by atoms with Gasteiger partial charge < -0.3 is 10.1 Å². The van der Waals surface area contributed by atoms with E-state index in [9.17, 15) is 9.59 Å². The third-order valence-corrected chi connectivity index (χ3v) is 2.76. The fraction of sp³-hybridized carbons (Fsp3) is 0.333. The average Bonchev–Trinajstić information content (AvgIpc) is 2.51. The van der Waals surface area contributed by atoms with Crippen LogP contribution in [-0.4, -0.2) is 17.7 Å². The molecule has 0 bridgehead atoms. The van der Waals surface area contributed by atoms with E-state index in [0.717, 1.165) is 0 Å². The second-order valence-corrected chi connectivity index (χ2v) is 5.11. The molecule has 1 amide bonds. The minimum Gasteiger partial charge on any atom is -0.340 e. The van der Waals surface area contributed by atoms with E-state index in [1.165, 1.54) is 11.3 Å². The number of carbonyl (C=O) groups is 2. The van der Waals surface area contributed by atoms with Crippen molar-refractivity contribution in [2.24, 2.45) is 0 Å². The van der Waals surface area contributed by atoms with Crippen molar-refractivity contribution in [3.05, 3.63) is 21.3 Å². The number of hydrogen-bond acceptors (Lipinski definition) is 3. The first kappa shape index (κ1) is 11.2. The standard InChI is InChI=1S/C9H10ClNO2S/c1-9(2,5-12)11-8(13)6-3-4-7(10)14-6/h3-5H,1-2H3,(H,11,13). The fourth-order valence-electron chi connectivity index (χ4n) is 0.820. The van der Waals surface area contributed by atoms with Crippen molar-refractivity contribution in [2.45, 2.75) is 19.4 Å². The van der Waals surface area contributed by atoms with Gasteiger partial charge in [-0.2, -0.15) is 0 Å². The van der Waals surface area contributed by atoms with Gasteiger partial charge in [-0.3, -0.25) is 4.79 Å². The van der Waals surface area contributed by atoms with Crippen LogP contribution in [0.15, 0.2) is 12.1 Å². The molecular formula is C9H10ClNO2S. The Morgan fingerprint density at radius 2 is 2.21 bits per heavy atom. The maximum atomic E-state index is 11.5. The molecule has 0 saturated heterocycles. The molecule has 0 radical (unpaired) electrons. The molecular weight excluding hydrogens is 222 g/mol. The van der Waals surface area contributed by atoms with Gasteiger partial charge in [0.2, 0.25) is 0 Å². The number of halogens is 1. The van der Waals surface area contributed by atoms with E-state index in [2.05, 4.69) is 5.32 Å². The summed E-state index contributed by atoms with van der Waals surface area (Å²) in [6, 6.07) is 3.28. The third-order valence-electron chi connectivity index (χ3n) is 1.53. The first-order valence-corrected chi connectivity index (χ1v) is 5.18. The predicted octanol–water partition coefficient (Wildman–Crippen LogP) is 2.11. The summed E-state index contributed by atoms with van der Waals surface area (Å²) in [6.45, 7) is 3.26. The van der Waals surface area contributed by atoms with Crippen LogP contribution in [0.25, 0.3) is 0 Å². The highest BCUT2D eigenvalue weighted by Gasteiger charge is 2.20. The van der Waals surface area contributed by atoms with Gasteiger partial charge in [-0.05, 0) is 26.0 Å². The molecule has 0 aliphatic rings. The summed E-state index contributed by atoms with van der Waals surface area (Å²) in [4.78, 5) is 22.6. The highest BCUT2D eigenvalue weighted by molar-refractivity contribution is 7.18. The number of thiophene rings is 1. The van der Waals surface area contributed by atoms with Gasteiger partial charge in [-0.1, -0.05) is 11.6 Å². The zero-order valence-corrected chi connectivity index (χ0v) is 9.41. The molecule has 0 atom stereocenters. The van der Waals surface area contributed by atoms with Crippen LogP contribution in [0.3, 0.4) is 0 Å². The summed E-state index contributed by atoms with van der Waals surface area (Å²) in [5.41, 5.74) is -0.840. The largest absolute Gasteiger partial charge is 0.340 e. The second-order valence-electron chi connectivity index (χ2n) is 3.40. The second kappa shape index (κ2) is 4.11. The molecule has 0 aliphatic carbocycles. The van der Waals surface area contributed by atoms with E-state index < -0.39 is 5.54 Å². The van der Waals surface area contributed by atoms with Crippen LogP contribution in [-0.2, 0) is 4.79 Å². The van der Waals surface area contributed by atoms with Gasteiger partial charge in [-0.25, -0.2) is 0 Å². The Labute approximate surface area is 91.1 Å². The SMILES string of the molecule is CC(C)(C=O)NC(=O)c1ccc(Cl)s1. The number of carbonyl (C=O) groups excluding carboxylic acids is 2. The van der Waals surface area contributed by atoms with Gasteiger partial charge in [0.05, 0.1) is 14.8 Å². The number of rotatable bonds is 3. The first-order valence-electron chi connectivity index (χ1n) is 3.99. The quantitative estimate of drug-likeness (QED) is 0.810. The summed E-state index contributed by atoms with van der Waals surface area (Å²) in [7, 11) is 0. The van der Waals surface area contributed by atoms with E-state index in [4.69, 9.17) is 11.6 Å². The lowest BCUT2D eigenvalue weighted by atomic mass is 10.1. The highest BCUT2D eigenvalue weighted by atomic mass is 35.5. The number of hydrogen-bond donors (Lipinski definition) is 1. The van der Waals surface area contributed by atoms with Crippen LogP contribution in [0.1, 0.15) is 23.5 Å². The van der Waals surface area contributed by atoms with Crippen LogP contribution >= 0.6 is 22.9 Å². The summed E-state index contributed by atoms with van der Waals surface area (Å²) in [5.74, 6) is -0.279. The van der Waals surface area contributed by atoms with E-state index in [1.54, 1.807) is 26.0 Å². The smallest absolute Gasteiger partial charge is 0.262 e. The molecule has 0 aromatic carbocycles. The third kappa shape index (κ3) is 2.82. The molecule has 0 saturated carbocycles. The molecule has 1 aromatic rings. The normalized spacial score (nSPS) is 11.1. The molecule has 1 heterocycles. The van der Waals surface area contributed by atoms with Crippen molar-refractivity contribution >= 4 is 35.1 Å². The fourth-order valence-corrected chi connectivity index (χ4v) is 1.76. The van der Waals surface area contributed by atoms with E-state index in [1.807, 2.05) is 0 Å². The van der Waals surface area contributed by atoms with E-state index >= 15 is 0 Å². The number of nitrogens with one attached hydrogen (secondary N) is 1. The molecule has 0 aliphatic heterocycles. The molecule has 3 nitrogen and oxygen atoms in total. The first-order chi connectivity index (χ1) is 6.44. The van der Waals surface area contributed by atoms with Crippen LogP contribution in [0, 0.1) is 0 Å². The van der Waals surface area contributed by atoms with Crippen molar-refractivity contribution in [1.29, 1.82) is 0 Å². The van der Waals surface area contributed by atoms with Gasteiger partial charge in [0.25, 0.3) is 5.91 Å². The molecule has 0 spiro atoms.